The minimum atomic E-state index is -0.0208. The Hall–Kier alpha value is -1.99. The van der Waals surface area contributed by atoms with Gasteiger partial charge in [-0.3, -0.25) is 14.1 Å². The molecule has 22 heavy (non-hydrogen) atoms. The monoisotopic (exact) mass is 316 g/mol. The van der Waals surface area contributed by atoms with Crippen LogP contribution in [-0.2, 0) is 6.54 Å². The van der Waals surface area contributed by atoms with E-state index >= 15 is 0 Å². The van der Waals surface area contributed by atoms with Gasteiger partial charge in [0.05, 0.1) is 17.4 Å². The highest BCUT2D eigenvalue weighted by Crippen LogP contribution is 2.33. The van der Waals surface area contributed by atoms with Crippen molar-refractivity contribution >= 4 is 16.3 Å². The van der Waals surface area contributed by atoms with Crippen molar-refractivity contribution < 1.29 is 4.52 Å². The summed E-state index contributed by atoms with van der Waals surface area (Å²) in [5.74, 6) is 0.906. The van der Waals surface area contributed by atoms with Crippen LogP contribution in [0.2, 0.25) is 0 Å². The van der Waals surface area contributed by atoms with E-state index in [0.717, 1.165) is 41.5 Å². The largest absolute Gasteiger partial charge is 0.359 e. The molecule has 0 saturated carbocycles. The van der Waals surface area contributed by atoms with Gasteiger partial charge in [0.25, 0.3) is 5.56 Å². The number of thiazole rings is 1. The van der Waals surface area contributed by atoms with Crippen molar-refractivity contribution in [2.24, 2.45) is 0 Å². The fourth-order valence-electron chi connectivity index (χ4n) is 3.05. The Kier molecular flexibility index (Phi) is 3.31. The molecule has 0 aromatic carbocycles. The van der Waals surface area contributed by atoms with E-state index in [0.29, 0.717) is 6.54 Å². The first-order valence-corrected chi connectivity index (χ1v) is 8.22. The minimum absolute atomic E-state index is 0.0208. The Bertz CT molecular complexity index is 866. The summed E-state index contributed by atoms with van der Waals surface area (Å²) >= 11 is 1.48. The Morgan fingerprint density at radius 1 is 1.45 bits per heavy atom. The predicted molar refractivity (Wildman–Crippen MR) is 83.0 cm³/mol. The zero-order valence-corrected chi connectivity index (χ0v) is 13.0. The van der Waals surface area contributed by atoms with E-state index in [-0.39, 0.29) is 11.6 Å². The van der Waals surface area contributed by atoms with Crippen LogP contribution in [0.5, 0.6) is 0 Å². The minimum Gasteiger partial charge on any atom is -0.359 e. The number of fused-ring (bicyclic) bond motifs is 1. The van der Waals surface area contributed by atoms with Crippen LogP contribution >= 0.6 is 11.3 Å². The van der Waals surface area contributed by atoms with Gasteiger partial charge in [-0.25, -0.2) is 4.98 Å². The lowest BCUT2D eigenvalue weighted by Crippen LogP contribution is -2.24. The third kappa shape index (κ3) is 2.36. The average Bonchev–Trinajstić information content (AvgIpc) is 3.19. The van der Waals surface area contributed by atoms with Crippen LogP contribution in [-0.4, -0.2) is 26.0 Å². The van der Waals surface area contributed by atoms with Gasteiger partial charge < -0.3 is 4.52 Å². The summed E-state index contributed by atoms with van der Waals surface area (Å²) in [5, 5.41) is 5.86. The molecule has 4 rings (SSSR count). The molecule has 3 aromatic heterocycles. The fraction of sp³-hybridized carbons (Fsp3) is 0.400. The molecule has 0 amide bonds. The van der Waals surface area contributed by atoms with Gasteiger partial charge in [0.15, 0.2) is 10.7 Å². The smallest absolute Gasteiger partial charge is 0.258 e. The highest BCUT2D eigenvalue weighted by atomic mass is 32.1. The van der Waals surface area contributed by atoms with Crippen molar-refractivity contribution in [2.75, 3.05) is 6.54 Å². The molecule has 7 heteroatoms. The Morgan fingerprint density at radius 3 is 3.18 bits per heavy atom. The van der Waals surface area contributed by atoms with Crippen LogP contribution in [0.1, 0.15) is 36.0 Å². The number of likely N-dealkylation sites (tertiary alicyclic amines) is 1. The average molecular weight is 316 g/mol. The van der Waals surface area contributed by atoms with Gasteiger partial charge >= 0.3 is 0 Å². The lowest BCUT2D eigenvalue weighted by molar-refractivity contribution is 0.204. The van der Waals surface area contributed by atoms with Crippen molar-refractivity contribution in [1.82, 2.24) is 19.4 Å². The van der Waals surface area contributed by atoms with Gasteiger partial charge in [0.2, 0.25) is 0 Å². The van der Waals surface area contributed by atoms with Gasteiger partial charge in [-0.1, -0.05) is 5.16 Å². The molecular weight excluding hydrogens is 300 g/mol. The zero-order chi connectivity index (χ0) is 15.1. The van der Waals surface area contributed by atoms with E-state index in [1.807, 2.05) is 18.4 Å². The van der Waals surface area contributed by atoms with Crippen molar-refractivity contribution in [2.45, 2.75) is 32.4 Å². The quantitative estimate of drug-likeness (QED) is 0.742. The zero-order valence-electron chi connectivity index (χ0n) is 12.2. The van der Waals surface area contributed by atoms with Gasteiger partial charge in [-0.15, -0.1) is 11.3 Å². The van der Waals surface area contributed by atoms with Gasteiger partial charge in [0, 0.05) is 30.3 Å². The van der Waals surface area contributed by atoms with Crippen molar-refractivity contribution in [1.29, 1.82) is 0 Å². The van der Waals surface area contributed by atoms with Gasteiger partial charge in [-0.2, -0.15) is 0 Å². The summed E-state index contributed by atoms with van der Waals surface area (Å²) in [7, 11) is 0. The Morgan fingerprint density at radius 2 is 2.36 bits per heavy atom. The first-order valence-electron chi connectivity index (χ1n) is 7.34. The number of rotatable bonds is 3. The molecule has 6 nitrogen and oxygen atoms in total. The molecule has 114 valence electrons. The summed E-state index contributed by atoms with van der Waals surface area (Å²) in [6, 6.07) is 3.85. The number of aryl methyl sites for hydroxylation is 1. The third-order valence-corrected chi connectivity index (χ3v) is 4.82. The first-order chi connectivity index (χ1) is 10.7. The third-order valence-electron chi connectivity index (χ3n) is 4.06. The normalized spacial score (nSPS) is 19.2. The second kappa shape index (κ2) is 5.33. The van der Waals surface area contributed by atoms with Crippen molar-refractivity contribution in [3.8, 4) is 0 Å². The second-order valence-electron chi connectivity index (χ2n) is 5.64. The maximum Gasteiger partial charge on any atom is 0.258 e. The number of aromatic nitrogens is 3. The number of nitrogens with zero attached hydrogens (tertiary/aromatic N) is 4. The van der Waals surface area contributed by atoms with Crippen LogP contribution in [0.4, 0.5) is 0 Å². The van der Waals surface area contributed by atoms with E-state index in [9.17, 15) is 4.79 Å². The van der Waals surface area contributed by atoms with E-state index in [2.05, 4.69) is 15.0 Å². The van der Waals surface area contributed by atoms with Gasteiger partial charge in [0.1, 0.15) is 0 Å². The molecule has 1 unspecified atom stereocenters. The molecule has 1 aliphatic rings. The molecule has 1 fully saturated rings. The second-order valence-corrected chi connectivity index (χ2v) is 6.51. The summed E-state index contributed by atoms with van der Waals surface area (Å²) in [5.41, 5.74) is 1.70. The first kappa shape index (κ1) is 13.7. The SMILES string of the molecule is Cc1cc(C2CCCN2Cc2cc(=O)n3ccsc3n2)on1. The Balaban J connectivity index is 1.62. The molecule has 1 saturated heterocycles. The van der Waals surface area contributed by atoms with E-state index in [1.165, 1.54) is 11.3 Å². The van der Waals surface area contributed by atoms with Crippen LogP contribution in [0, 0.1) is 6.92 Å². The van der Waals surface area contributed by atoms with E-state index in [1.54, 1.807) is 16.7 Å². The molecule has 3 aromatic rings. The lowest BCUT2D eigenvalue weighted by Gasteiger charge is -2.21. The molecule has 0 spiro atoms. The van der Waals surface area contributed by atoms with Crippen LogP contribution in [0.3, 0.4) is 0 Å². The highest BCUT2D eigenvalue weighted by molar-refractivity contribution is 7.15. The molecular formula is C15H16N4O2S. The molecule has 0 radical (unpaired) electrons. The number of hydrogen-bond donors (Lipinski definition) is 0. The predicted octanol–water partition coefficient (Wildman–Crippen LogP) is 2.39. The molecule has 0 N–H and O–H groups in total. The van der Waals surface area contributed by atoms with Crippen LogP contribution < -0.4 is 5.56 Å². The highest BCUT2D eigenvalue weighted by Gasteiger charge is 2.29. The van der Waals surface area contributed by atoms with Crippen LogP contribution in [0.25, 0.3) is 4.96 Å². The molecule has 1 atom stereocenters. The lowest BCUT2D eigenvalue weighted by atomic mass is 10.1. The topological polar surface area (TPSA) is 63.6 Å². The van der Waals surface area contributed by atoms with E-state index in [4.69, 9.17) is 4.52 Å². The van der Waals surface area contributed by atoms with Crippen LogP contribution in [0.15, 0.2) is 33.0 Å². The summed E-state index contributed by atoms with van der Waals surface area (Å²) in [6.07, 6.45) is 3.93. The summed E-state index contributed by atoms with van der Waals surface area (Å²) < 4.78 is 7.00. The molecule has 1 aliphatic heterocycles. The molecule has 0 bridgehead atoms. The molecule has 4 heterocycles. The standard InChI is InChI=1S/C15H16N4O2S/c1-10-7-13(21-17-10)12-3-2-4-18(12)9-11-8-14(20)19-5-6-22-15(19)16-11/h5-8,12H,2-4,9H2,1H3. The molecule has 0 aliphatic carbocycles. The fourth-order valence-corrected chi connectivity index (χ4v) is 3.79. The number of hydrogen-bond acceptors (Lipinski definition) is 6. The maximum absolute atomic E-state index is 12.1. The van der Waals surface area contributed by atoms with Crippen molar-refractivity contribution in [3.05, 3.63) is 51.2 Å². The van der Waals surface area contributed by atoms with Gasteiger partial charge in [-0.05, 0) is 26.3 Å². The summed E-state index contributed by atoms with van der Waals surface area (Å²) in [4.78, 5) is 19.7. The Labute approximate surface area is 131 Å². The summed E-state index contributed by atoms with van der Waals surface area (Å²) in [6.45, 7) is 3.57. The maximum atomic E-state index is 12.1. The van der Waals surface area contributed by atoms with E-state index < -0.39 is 0 Å². The van der Waals surface area contributed by atoms with Crippen molar-refractivity contribution in [3.63, 3.8) is 0 Å².